The monoisotopic (exact) mass is 298 g/mol. The summed E-state index contributed by atoms with van der Waals surface area (Å²) >= 11 is 0. The van der Waals surface area contributed by atoms with E-state index in [1.165, 1.54) is 18.4 Å². The van der Waals surface area contributed by atoms with Crippen molar-refractivity contribution < 1.29 is 0 Å². The van der Waals surface area contributed by atoms with Gasteiger partial charge in [-0.3, -0.25) is 0 Å². The number of allylic oxidation sites excluding steroid dienone is 1. The number of rotatable bonds is 5. The molecule has 4 atom stereocenters. The molecule has 0 radical (unpaired) electrons. The Kier molecular flexibility index (Phi) is 4.32. The second kappa shape index (κ2) is 6.23. The molecule has 0 aromatic heterocycles. The van der Waals surface area contributed by atoms with Crippen LogP contribution in [0.15, 0.2) is 29.8 Å². The number of benzene rings is 1. The van der Waals surface area contributed by atoms with Crippen molar-refractivity contribution in [3.63, 3.8) is 0 Å². The van der Waals surface area contributed by atoms with Gasteiger partial charge in [0.05, 0.1) is 0 Å². The summed E-state index contributed by atoms with van der Waals surface area (Å²) in [7, 11) is 2.01. The van der Waals surface area contributed by atoms with Crippen LogP contribution in [0.4, 0.5) is 0 Å². The lowest BCUT2D eigenvalue weighted by Gasteiger charge is -2.30. The third-order valence-corrected chi connectivity index (χ3v) is 5.46. The maximum Gasteiger partial charge on any atom is 0.0389 e. The topological polar surface area (TPSA) is 87.9 Å². The smallest absolute Gasteiger partial charge is 0.0389 e. The summed E-state index contributed by atoms with van der Waals surface area (Å²) in [6.07, 6.45) is 4.01. The molecule has 4 unspecified atom stereocenters. The van der Waals surface area contributed by atoms with Gasteiger partial charge in [-0.25, -0.2) is 0 Å². The van der Waals surface area contributed by atoms with Gasteiger partial charge in [0.25, 0.3) is 0 Å². The fourth-order valence-corrected chi connectivity index (χ4v) is 4.42. The molecule has 0 heterocycles. The van der Waals surface area contributed by atoms with Crippen molar-refractivity contribution in [3.05, 3.63) is 41.0 Å². The van der Waals surface area contributed by atoms with Crippen molar-refractivity contribution in [2.45, 2.75) is 19.4 Å². The van der Waals surface area contributed by atoms with Crippen molar-refractivity contribution >= 4 is 11.9 Å². The summed E-state index contributed by atoms with van der Waals surface area (Å²) in [5.74, 6) is 2.01. The molecule has 0 saturated heterocycles. The van der Waals surface area contributed by atoms with Crippen LogP contribution in [0.3, 0.4) is 0 Å². The second-order valence-corrected chi connectivity index (χ2v) is 6.62. The van der Waals surface area contributed by atoms with Gasteiger partial charge in [-0.15, -0.1) is 0 Å². The van der Waals surface area contributed by atoms with Crippen LogP contribution >= 0.6 is 0 Å². The van der Waals surface area contributed by atoms with Gasteiger partial charge < -0.3 is 22.2 Å². The predicted molar refractivity (Wildman–Crippen MR) is 91.3 cm³/mol. The zero-order valence-electron chi connectivity index (χ0n) is 13.2. The lowest BCUT2D eigenvalue weighted by Crippen LogP contribution is -2.30. The summed E-state index contributed by atoms with van der Waals surface area (Å²) in [6.45, 7) is 1.59. The quantitative estimate of drug-likeness (QED) is 0.627. The molecule has 2 fully saturated rings. The zero-order chi connectivity index (χ0) is 15.7. The van der Waals surface area contributed by atoms with Gasteiger partial charge in [0, 0.05) is 24.4 Å². The van der Waals surface area contributed by atoms with Crippen molar-refractivity contribution in [2.24, 2.45) is 35.1 Å². The van der Waals surface area contributed by atoms with Crippen LogP contribution in [0.25, 0.3) is 5.70 Å². The van der Waals surface area contributed by atoms with E-state index in [4.69, 9.17) is 16.9 Å². The highest BCUT2D eigenvalue weighted by Gasteiger charge is 2.49. The normalized spacial score (nSPS) is 32.3. The van der Waals surface area contributed by atoms with Crippen molar-refractivity contribution in [1.82, 2.24) is 5.32 Å². The van der Waals surface area contributed by atoms with Crippen LogP contribution in [0, 0.1) is 29.1 Å². The van der Waals surface area contributed by atoms with Crippen LogP contribution in [0.1, 0.15) is 24.0 Å². The first-order chi connectivity index (χ1) is 10.7. The standard InChI is InChI=1S/C18H26N4/c1-22-10-14-6-13-7-15(14)17(16(13)9-20)18(21)12-4-2-11(8-19)3-5-12/h2-5,9,13-16,20,22H,6-8,10,19,21H2,1H3/b18-17-,20-9?. The average Bonchev–Trinajstić information content (AvgIpc) is 3.12. The maximum atomic E-state index is 7.83. The third kappa shape index (κ3) is 2.46. The van der Waals surface area contributed by atoms with Gasteiger partial charge in [0.1, 0.15) is 0 Å². The Morgan fingerprint density at radius 3 is 2.64 bits per heavy atom. The Balaban J connectivity index is 1.96. The van der Waals surface area contributed by atoms with Gasteiger partial charge in [-0.2, -0.15) is 0 Å². The van der Waals surface area contributed by atoms with E-state index in [1.807, 2.05) is 19.2 Å². The summed E-state index contributed by atoms with van der Waals surface area (Å²) in [6, 6.07) is 8.20. The van der Waals surface area contributed by atoms with Crippen LogP contribution < -0.4 is 16.8 Å². The Morgan fingerprint density at radius 2 is 2.05 bits per heavy atom. The molecular weight excluding hydrogens is 272 g/mol. The summed E-state index contributed by atoms with van der Waals surface area (Å²) < 4.78 is 0. The Labute approximate surface area is 132 Å². The van der Waals surface area contributed by atoms with Gasteiger partial charge in [-0.05, 0) is 60.9 Å². The van der Waals surface area contributed by atoms with Crippen molar-refractivity contribution in [2.75, 3.05) is 13.6 Å². The minimum Gasteiger partial charge on any atom is -0.398 e. The van der Waals surface area contributed by atoms with Crippen molar-refractivity contribution in [1.29, 1.82) is 5.41 Å². The fourth-order valence-electron chi connectivity index (χ4n) is 4.42. The van der Waals surface area contributed by atoms with E-state index in [2.05, 4.69) is 17.4 Å². The van der Waals surface area contributed by atoms with Crippen molar-refractivity contribution in [3.8, 4) is 0 Å². The molecule has 3 rings (SSSR count). The largest absolute Gasteiger partial charge is 0.398 e. The van der Waals surface area contributed by atoms with E-state index in [-0.39, 0.29) is 5.92 Å². The molecule has 4 heteroatoms. The van der Waals surface area contributed by atoms with Crippen LogP contribution in [0.5, 0.6) is 0 Å². The van der Waals surface area contributed by atoms with Gasteiger partial charge in [0.2, 0.25) is 0 Å². The highest BCUT2D eigenvalue weighted by Crippen LogP contribution is 2.55. The number of hydrogen-bond acceptors (Lipinski definition) is 4. The number of nitrogens with one attached hydrogen (secondary N) is 2. The Hall–Kier alpha value is -1.65. The van der Waals surface area contributed by atoms with Crippen LogP contribution in [-0.2, 0) is 6.54 Å². The molecule has 2 aliphatic rings. The lowest BCUT2D eigenvalue weighted by molar-refractivity contribution is 0.365. The molecule has 6 N–H and O–H groups in total. The lowest BCUT2D eigenvalue weighted by atomic mass is 9.77. The predicted octanol–water partition coefficient (Wildman–Crippen LogP) is 1.96. The molecule has 1 aromatic carbocycles. The maximum absolute atomic E-state index is 7.83. The fraction of sp³-hybridized carbons (Fsp3) is 0.500. The molecule has 2 aliphatic carbocycles. The molecule has 0 amide bonds. The first kappa shape index (κ1) is 15.3. The number of nitrogens with two attached hydrogens (primary N) is 2. The third-order valence-electron chi connectivity index (χ3n) is 5.46. The number of fused-ring (bicyclic) bond motifs is 2. The summed E-state index contributed by atoms with van der Waals surface area (Å²) in [5.41, 5.74) is 16.5. The van der Waals surface area contributed by atoms with E-state index >= 15 is 0 Å². The molecule has 2 saturated carbocycles. The van der Waals surface area contributed by atoms with E-state index in [9.17, 15) is 0 Å². The average molecular weight is 298 g/mol. The van der Waals surface area contributed by atoms with E-state index < -0.39 is 0 Å². The molecule has 22 heavy (non-hydrogen) atoms. The van der Waals surface area contributed by atoms with Gasteiger partial charge in [0.15, 0.2) is 0 Å². The van der Waals surface area contributed by atoms with Crippen LogP contribution in [0.2, 0.25) is 0 Å². The van der Waals surface area contributed by atoms with Crippen LogP contribution in [-0.4, -0.2) is 19.8 Å². The minimum atomic E-state index is 0.229. The molecule has 0 spiro atoms. The van der Waals surface area contributed by atoms with E-state index in [0.717, 1.165) is 23.4 Å². The second-order valence-electron chi connectivity index (χ2n) is 6.62. The molecule has 4 nitrogen and oxygen atoms in total. The molecule has 2 bridgehead atoms. The zero-order valence-corrected chi connectivity index (χ0v) is 13.2. The Morgan fingerprint density at radius 1 is 1.32 bits per heavy atom. The SMILES string of the molecule is CNCC1CC2CC1/C(=C(/N)c1ccc(CN)cc1)C2C=N. The highest BCUT2D eigenvalue weighted by atomic mass is 14.8. The van der Waals surface area contributed by atoms with E-state index in [0.29, 0.717) is 24.3 Å². The Bertz CT molecular complexity index is 575. The van der Waals surface area contributed by atoms with Gasteiger partial charge >= 0.3 is 0 Å². The van der Waals surface area contributed by atoms with E-state index in [1.54, 1.807) is 6.21 Å². The summed E-state index contributed by atoms with van der Waals surface area (Å²) in [5, 5.41) is 11.1. The molecule has 118 valence electrons. The molecule has 0 aliphatic heterocycles. The summed E-state index contributed by atoms with van der Waals surface area (Å²) in [4.78, 5) is 0. The first-order valence-corrected chi connectivity index (χ1v) is 8.13. The molecular formula is C18H26N4. The molecule has 1 aromatic rings. The highest BCUT2D eigenvalue weighted by molar-refractivity contribution is 5.75. The van der Waals surface area contributed by atoms with Gasteiger partial charge in [-0.1, -0.05) is 24.3 Å². The first-order valence-electron chi connectivity index (χ1n) is 8.13. The number of hydrogen-bond donors (Lipinski definition) is 4. The minimum absolute atomic E-state index is 0.229.